The highest BCUT2D eigenvalue weighted by molar-refractivity contribution is 7.87. The van der Waals surface area contributed by atoms with Gasteiger partial charge in [-0.25, -0.2) is 8.96 Å². The molecule has 2 aromatic heterocycles. The van der Waals surface area contributed by atoms with Gasteiger partial charge in [0.25, 0.3) is 0 Å². The van der Waals surface area contributed by atoms with E-state index in [0.29, 0.717) is 17.3 Å². The van der Waals surface area contributed by atoms with Gasteiger partial charge in [-0.15, -0.1) is 0 Å². The van der Waals surface area contributed by atoms with Crippen LogP contribution in [0.5, 0.6) is 0 Å². The van der Waals surface area contributed by atoms with Crippen molar-refractivity contribution in [2.24, 2.45) is 7.05 Å². The van der Waals surface area contributed by atoms with Gasteiger partial charge in [-0.1, -0.05) is 41.9 Å². The van der Waals surface area contributed by atoms with Crippen LogP contribution in [0.4, 0.5) is 0 Å². The minimum atomic E-state index is -3.65. The predicted octanol–water partition coefficient (Wildman–Crippen LogP) is 3.64. The molecule has 7 nitrogen and oxygen atoms in total. The minimum Gasteiger partial charge on any atom is -0.271 e. The number of aromatic nitrogens is 4. The molecule has 0 spiro atoms. The lowest BCUT2D eigenvalue weighted by atomic mass is 10.0. The van der Waals surface area contributed by atoms with Crippen molar-refractivity contribution in [1.82, 2.24) is 23.0 Å². The summed E-state index contributed by atoms with van der Waals surface area (Å²) in [4.78, 5) is 4.29. The van der Waals surface area contributed by atoms with Crippen LogP contribution >= 0.6 is 11.6 Å². The van der Waals surface area contributed by atoms with Gasteiger partial charge in [-0.2, -0.15) is 17.8 Å². The van der Waals surface area contributed by atoms with Gasteiger partial charge in [0.15, 0.2) is 0 Å². The van der Waals surface area contributed by atoms with Crippen LogP contribution in [0.3, 0.4) is 0 Å². The third-order valence-corrected chi connectivity index (χ3v) is 7.18. The van der Waals surface area contributed by atoms with Gasteiger partial charge in [0.2, 0.25) is 0 Å². The van der Waals surface area contributed by atoms with E-state index in [0.717, 1.165) is 37.6 Å². The number of hydrogen-bond acceptors (Lipinski definition) is 4. The molecule has 2 aromatic carbocycles. The SMILES string of the molecule is Cc1ccc(-c2cccc3c(Cc4nccn4S(=O)(=O)N(C)C)n(C)nc23)c(Cl)c1. The first-order chi connectivity index (χ1) is 14.2. The van der Waals surface area contributed by atoms with E-state index in [1.807, 2.05) is 50.4 Å². The van der Waals surface area contributed by atoms with Gasteiger partial charge < -0.3 is 0 Å². The van der Waals surface area contributed by atoms with E-state index in [2.05, 4.69) is 4.98 Å². The average molecular weight is 444 g/mol. The molecule has 0 radical (unpaired) electrons. The molecule has 0 fully saturated rings. The Morgan fingerprint density at radius 3 is 2.60 bits per heavy atom. The van der Waals surface area contributed by atoms with Crippen LogP contribution in [0.25, 0.3) is 22.0 Å². The van der Waals surface area contributed by atoms with Crippen molar-refractivity contribution >= 4 is 32.7 Å². The lowest BCUT2D eigenvalue weighted by Gasteiger charge is -2.14. The molecule has 0 amide bonds. The van der Waals surface area contributed by atoms with Gasteiger partial charge in [0.1, 0.15) is 11.3 Å². The van der Waals surface area contributed by atoms with Crippen LogP contribution in [-0.4, -0.2) is 45.6 Å². The van der Waals surface area contributed by atoms with Gasteiger partial charge in [-0.05, 0) is 18.6 Å². The highest BCUT2D eigenvalue weighted by atomic mass is 35.5. The topological polar surface area (TPSA) is 73.0 Å². The Balaban J connectivity index is 1.84. The molecule has 156 valence electrons. The van der Waals surface area contributed by atoms with Crippen molar-refractivity contribution in [3.8, 4) is 11.1 Å². The fraction of sp³-hybridized carbons (Fsp3) is 0.238. The molecule has 2 heterocycles. The molecular formula is C21H22ClN5O2S. The predicted molar refractivity (Wildman–Crippen MR) is 119 cm³/mol. The second kappa shape index (κ2) is 7.54. The number of fused-ring (bicyclic) bond motifs is 1. The van der Waals surface area contributed by atoms with Crippen LogP contribution in [0, 0.1) is 6.92 Å². The molecule has 4 aromatic rings. The van der Waals surface area contributed by atoms with E-state index in [-0.39, 0.29) is 0 Å². The van der Waals surface area contributed by atoms with Crippen LogP contribution in [0.15, 0.2) is 48.8 Å². The standard InChI is InChI=1S/C21H22ClN5O2S/c1-14-8-9-15(18(22)12-14)16-6-5-7-17-19(26(4)24-21(16)17)13-20-23-10-11-27(20)30(28,29)25(2)3/h5-12H,13H2,1-4H3. The lowest BCUT2D eigenvalue weighted by Crippen LogP contribution is -2.29. The number of nitrogens with zero attached hydrogens (tertiary/aromatic N) is 5. The Hall–Kier alpha value is -2.68. The van der Waals surface area contributed by atoms with Crippen LogP contribution < -0.4 is 0 Å². The zero-order chi connectivity index (χ0) is 21.6. The van der Waals surface area contributed by atoms with E-state index in [1.165, 1.54) is 30.5 Å². The fourth-order valence-corrected chi connectivity index (χ4v) is 4.79. The molecule has 0 aliphatic carbocycles. The van der Waals surface area contributed by atoms with E-state index in [9.17, 15) is 8.42 Å². The van der Waals surface area contributed by atoms with Crippen molar-refractivity contribution in [2.45, 2.75) is 13.3 Å². The minimum absolute atomic E-state index is 0.318. The lowest BCUT2D eigenvalue weighted by molar-refractivity contribution is 0.508. The van der Waals surface area contributed by atoms with Crippen molar-refractivity contribution in [3.05, 3.63) is 70.9 Å². The van der Waals surface area contributed by atoms with Gasteiger partial charge in [0, 0.05) is 61.5 Å². The smallest absolute Gasteiger partial charge is 0.271 e. The summed E-state index contributed by atoms with van der Waals surface area (Å²) in [6, 6.07) is 11.9. The maximum absolute atomic E-state index is 12.6. The van der Waals surface area contributed by atoms with Crippen molar-refractivity contribution in [3.63, 3.8) is 0 Å². The molecule has 9 heteroatoms. The quantitative estimate of drug-likeness (QED) is 0.472. The number of benzene rings is 2. The maximum atomic E-state index is 12.6. The Kier molecular flexibility index (Phi) is 5.17. The second-order valence-electron chi connectivity index (χ2n) is 7.36. The summed E-state index contributed by atoms with van der Waals surface area (Å²) in [5.41, 5.74) is 4.62. The van der Waals surface area contributed by atoms with Crippen molar-refractivity contribution in [2.75, 3.05) is 14.1 Å². The summed E-state index contributed by atoms with van der Waals surface area (Å²) < 4.78 is 29.4. The molecule has 0 aliphatic rings. The number of hydrogen-bond donors (Lipinski definition) is 0. The number of halogens is 1. The average Bonchev–Trinajstić information content (AvgIpc) is 3.27. The summed E-state index contributed by atoms with van der Waals surface area (Å²) >= 11 is 6.51. The van der Waals surface area contributed by atoms with Gasteiger partial charge in [0.05, 0.1) is 5.69 Å². The molecular weight excluding hydrogens is 422 g/mol. The number of imidazole rings is 1. The fourth-order valence-electron chi connectivity index (χ4n) is 3.52. The Bertz CT molecular complexity index is 1360. The van der Waals surface area contributed by atoms with Crippen molar-refractivity contribution in [1.29, 1.82) is 0 Å². The van der Waals surface area contributed by atoms with E-state index >= 15 is 0 Å². The van der Waals surface area contributed by atoms with E-state index < -0.39 is 10.2 Å². The largest absolute Gasteiger partial charge is 0.308 e. The molecule has 0 N–H and O–H groups in total. The molecule has 0 unspecified atom stereocenters. The molecule has 0 bridgehead atoms. The normalized spacial score (nSPS) is 12.2. The Morgan fingerprint density at radius 2 is 1.90 bits per heavy atom. The first kappa shape index (κ1) is 20.6. The Labute approximate surface area is 180 Å². The molecule has 0 aliphatic heterocycles. The zero-order valence-electron chi connectivity index (χ0n) is 17.2. The van der Waals surface area contributed by atoms with E-state index in [4.69, 9.17) is 16.7 Å². The summed E-state index contributed by atoms with van der Waals surface area (Å²) in [7, 11) is 1.19. The molecule has 30 heavy (non-hydrogen) atoms. The maximum Gasteiger partial charge on any atom is 0.308 e. The second-order valence-corrected chi connectivity index (χ2v) is 9.79. The zero-order valence-corrected chi connectivity index (χ0v) is 18.7. The Morgan fingerprint density at radius 1 is 1.13 bits per heavy atom. The molecule has 4 rings (SSSR count). The van der Waals surface area contributed by atoms with Crippen LogP contribution in [0.1, 0.15) is 17.1 Å². The molecule has 0 atom stereocenters. The van der Waals surface area contributed by atoms with Crippen molar-refractivity contribution < 1.29 is 8.42 Å². The summed E-state index contributed by atoms with van der Waals surface area (Å²) in [6.07, 6.45) is 3.27. The van der Waals surface area contributed by atoms with Gasteiger partial charge >= 0.3 is 10.2 Å². The van der Waals surface area contributed by atoms with Crippen LogP contribution in [-0.2, 0) is 23.7 Å². The summed E-state index contributed by atoms with van der Waals surface area (Å²) in [5.74, 6) is 0.423. The van der Waals surface area contributed by atoms with Gasteiger partial charge in [-0.3, -0.25) is 4.68 Å². The number of aryl methyl sites for hydroxylation is 2. The third-order valence-electron chi connectivity index (χ3n) is 5.12. The van der Waals surface area contributed by atoms with E-state index in [1.54, 1.807) is 4.68 Å². The highest BCUT2D eigenvalue weighted by Gasteiger charge is 2.22. The summed E-state index contributed by atoms with van der Waals surface area (Å²) in [5, 5.41) is 6.32. The molecule has 0 saturated heterocycles. The summed E-state index contributed by atoms with van der Waals surface area (Å²) in [6.45, 7) is 2.00. The van der Waals surface area contributed by atoms with Crippen LogP contribution in [0.2, 0.25) is 5.02 Å². The first-order valence-electron chi connectivity index (χ1n) is 9.36. The molecule has 0 saturated carbocycles. The monoisotopic (exact) mass is 443 g/mol. The number of rotatable bonds is 5. The highest BCUT2D eigenvalue weighted by Crippen LogP contribution is 2.35. The first-order valence-corrected chi connectivity index (χ1v) is 11.1. The third kappa shape index (κ3) is 3.40.